The molecule has 9 heteroatoms. The third-order valence-electron chi connectivity index (χ3n) is 8.41. The lowest BCUT2D eigenvalue weighted by molar-refractivity contribution is 0.0336. The number of hydrogen-bond donors (Lipinski definition) is 1. The van der Waals surface area contributed by atoms with Gasteiger partial charge in [-0.05, 0) is 74.2 Å². The molecule has 2 amide bonds. The molecule has 2 atom stereocenters. The van der Waals surface area contributed by atoms with E-state index in [1.165, 1.54) is 4.90 Å². The van der Waals surface area contributed by atoms with Crippen LogP contribution in [-0.2, 0) is 4.74 Å². The molecule has 8 nitrogen and oxygen atoms in total. The molecule has 2 aliphatic heterocycles. The summed E-state index contributed by atoms with van der Waals surface area (Å²) in [4.78, 5) is 30.5. The zero-order chi connectivity index (χ0) is 29.0. The number of fused-ring (bicyclic) bond motifs is 2. The van der Waals surface area contributed by atoms with Crippen LogP contribution in [0.25, 0.3) is 0 Å². The zero-order valence-electron chi connectivity index (χ0n) is 25.2. The minimum atomic E-state index is -2.41. The number of hydrogen-bond acceptors (Lipinski definition) is 6. The van der Waals surface area contributed by atoms with E-state index in [1.54, 1.807) is 44.9 Å². The molecule has 1 aromatic rings. The predicted molar refractivity (Wildman–Crippen MR) is 155 cm³/mol. The van der Waals surface area contributed by atoms with Gasteiger partial charge in [0.2, 0.25) is 0 Å². The number of methoxy groups -OCH3 is 1. The van der Waals surface area contributed by atoms with Crippen LogP contribution in [0.5, 0.6) is 11.5 Å². The van der Waals surface area contributed by atoms with Crippen LogP contribution in [0.2, 0.25) is 16.6 Å². The van der Waals surface area contributed by atoms with E-state index in [-0.39, 0.29) is 17.2 Å². The molecule has 1 unspecified atom stereocenters. The molecule has 1 fully saturated rings. The maximum Gasteiger partial charge on any atom is 0.417 e. The van der Waals surface area contributed by atoms with E-state index in [0.717, 1.165) is 18.4 Å². The van der Waals surface area contributed by atoms with Gasteiger partial charge >= 0.3 is 6.09 Å². The maximum atomic E-state index is 14.0. The Morgan fingerprint density at radius 3 is 2.10 bits per heavy atom. The third kappa shape index (κ3) is 5.32. The van der Waals surface area contributed by atoms with Crippen molar-refractivity contribution >= 4 is 26.0 Å². The summed E-state index contributed by atoms with van der Waals surface area (Å²) in [5.74, 6) is 1.08. The van der Waals surface area contributed by atoms with Gasteiger partial charge in [0.1, 0.15) is 11.4 Å². The van der Waals surface area contributed by atoms with Crippen LogP contribution in [0, 0.1) is 5.92 Å². The Balaban J connectivity index is 1.90. The molecule has 39 heavy (non-hydrogen) atoms. The van der Waals surface area contributed by atoms with E-state index in [0.29, 0.717) is 40.5 Å². The van der Waals surface area contributed by atoms with Gasteiger partial charge in [0.25, 0.3) is 14.2 Å². The van der Waals surface area contributed by atoms with Gasteiger partial charge < -0.3 is 23.9 Å². The number of ether oxygens (including phenoxy) is 2. The second kappa shape index (κ2) is 10.5. The summed E-state index contributed by atoms with van der Waals surface area (Å²) in [5.41, 5.74) is 1.79. The van der Waals surface area contributed by atoms with Crippen molar-refractivity contribution < 1.29 is 28.6 Å². The van der Waals surface area contributed by atoms with E-state index in [1.807, 2.05) is 6.20 Å². The number of rotatable bonds is 7. The predicted octanol–water partition coefficient (Wildman–Crippen LogP) is 6.83. The van der Waals surface area contributed by atoms with Crippen molar-refractivity contribution in [3.05, 3.63) is 29.5 Å². The molecule has 2 heterocycles. The number of aliphatic hydroxyl groups excluding tert-OH is 1. The number of aliphatic hydroxyl groups is 1. The SMILES string of the molecule is COc1cc2c(cc1O[Si](C(C)C)(C(C)C)C(C)C)N(C(=O)OC(C)(C)C)[C@@H](O)C1CC(C3CC3)=CN1C2=O. The van der Waals surface area contributed by atoms with Gasteiger partial charge in [-0.15, -0.1) is 0 Å². The Labute approximate surface area is 234 Å². The van der Waals surface area contributed by atoms with E-state index in [2.05, 4.69) is 41.5 Å². The van der Waals surface area contributed by atoms with Crippen LogP contribution >= 0.6 is 0 Å². The van der Waals surface area contributed by atoms with Crippen molar-refractivity contribution in [2.75, 3.05) is 12.0 Å². The van der Waals surface area contributed by atoms with Crippen LogP contribution in [-0.4, -0.2) is 55.3 Å². The topological polar surface area (TPSA) is 88.5 Å². The fourth-order valence-corrected chi connectivity index (χ4v) is 11.8. The summed E-state index contributed by atoms with van der Waals surface area (Å²) in [5, 5.41) is 11.7. The Hall–Kier alpha value is -2.52. The van der Waals surface area contributed by atoms with Crippen molar-refractivity contribution in [2.45, 2.75) is 116 Å². The largest absolute Gasteiger partial charge is 0.540 e. The van der Waals surface area contributed by atoms with Crippen LogP contribution in [0.15, 0.2) is 23.9 Å². The highest BCUT2D eigenvalue weighted by atomic mass is 28.4. The molecular weight excluding hydrogens is 512 g/mol. The lowest BCUT2D eigenvalue weighted by atomic mass is 10.1. The summed E-state index contributed by atoms with van der Waals surface area (Å²) in [7, 11) is -0.856. The van der Waals surface area contributed by atoms with Crippen molar-refractivity contribution in [2.24, 2.45) is 5.92 Å². The lowest BCUT2D eigenvalue weighted by Gasteiger charge is -2.42. The van der Waals surface area contributed by atoms with Crippen LogP contribution in [0.4, 0.5) is 10.5 Å². The number of carbonyl (C=O) groups is 2. The molecule has 0 saturated heterocycles. The summed E-state index contributed by atoms with van der Waals surface area (Å²) in [6, 6.07) is 2.75. The van der Waals surface area contributed by atoms with Gasteiger partial charge in [-0.2, -0.15) is 0 Å². The average molecular weight is 559 g/mol. The number of carbonyl (C=O) groups excluding carboxylic acids is 2. The first-order valence-electron chi connectivity index (χ1n) is 14.3. The minimum Gasteiger partial charge on any atom is -0.540 e. The first-order chi connectivity index (χ1) is 18.1. The molecule has 1 saturated carbocycles. The molecule has 0 radical (unpaired) electrons. The standard InChI is InChI=1S/C30H46N2O6Si/c1-17(2)39(18(3)4,19(5)6)38-26-15-23-22(14-25(26)36-10)27(33)31-16-21(20-11-12-20)13-24(31)28(34)32(23)29(35)37-30(7,8)9/h14-20,24,28,34H,11-13H2,1-10H3/t24?,28-/m0/s1. The highest BCUT2D eigenvalue weighted by Crippen LogP contribution is 2.49. The van der Waals surface area contributed by atoms with Gasteiger partial charge in [0.05, 0.1) is 24.4 Å². The summed E-state index contributed by atoms with van der Waals surface area (Å²) < 4.78 is 18.5. The Morgan fingerprint density at radius 2 is 1.62 bits per heavy atom. The molecule has 4 rings (SSSR count). The second-order valence-electron chi connectivity index (χ2n) is 13.2. The number of amides is 2. The minimum absolute atomic E-state index is 0.269. The maximum absolute atomic E-state index is 14.0. The third-order valence-corrected chi connectivity index (χ3v) is 14.4. The van der Waals surface area contributed by atoms with Gasteiger partial charge in [-0.3, -0.25) is 4.79 Å². The van der Waals surface area contributed by atoms with E-state index in [9.17, 15) is 14.7 Å². The first kappa shape index (κ1) is 29.5. The highest BCUT2D eigenvalue weighted by Gasteiger charge is 2.50. The number of nitrogens with zero attached hydrogens (tertiary/aromatic N) is 2. The molecular formula is C30H46N2O6Si. The molecule has 1 N–H and O–H groups in total. The fraction of sp³-hybridized carbons (Fsp3) is 0.667. The second-order valence-corrected chi connectivity index (χ2v) is 18.5. The van der Waals surface area contributed by atoms with Gasteiger partial charge in [-0.25, -0.2) is 9.69 Å². The molecule has 0 spiro atoms. The molecule has 216 valence electrons. The molecule has 1 aromatic carbocycles. The van der Waals surface area contributed by atoms with Gasteiger partial charge in [0, 0.05) is 12.3 Å². The van der Waals surface area contributed by atoms with Crippen molar-refractivity contribution in [1.29, 1.82) is 0 Å². The summed E-state index contributed by atoms with van der Waals surface area (Å²) in [6.07, 6.45) is 2.58. The van der Waals surface area contributed by atoms with E-state index < -0.39 is 32.3 Å². The Kier molecular flexibility index (Phi) is 7.91. The van der Waals surface area contributed by atoms with Crippen LogP contribution < -0.4 is 14.1 Å². The Morgan fingerprint density at radius 1 is 1.03 bits per heavy atom. The molecule has 3 aliphatic rings. The van der Waals surface area contributed by atoms with E-state index in [4.69, 9.17) is 13.9 Å². The quantitative estimate of drug-likeness (QED) is 0.369. The van der Waals surface area contributed by atoms with Crippen molar-refractivity contribution in [3.8, 4) is 11.5 Å². The van der Waals surface area contributed by atoms with Gasteiger partial charge in [-0.1, -0.05) is 41.5 Å². The molecule has 0 aromatic heterocycles. The van der Waals surface area contributed by atoms with Crippen LogP contribution in [0.1, 0.15) is 91.9 Å². The number of benzene rings is 1. The normalized spacial score (nSPS) is 21.7. The van der Waals surface area contributed by atoms with Crippen molar-refractivity contribution in [3.63, 3.8) is 0 Å². The van der Waals surface area contributed by atoms with Gasteiger partial charge in [0.15, 0.2) is 12.0 Å². The summed E-state index contributed by atoms with van der Waals surface area (Å²) in [6.45, 7) is 18.5. The lowest BCUT2D eigenvalue weighted by Crippen LogP contribution is -2.52. The van der Waals surface area contributed by atoms with Crippen molar-refractivity contribution in [1.82, 2.24) is 4.90 Å². The monoisotopic (exact) mass is 558 g/mol. The number of anilines is 1. The van der Waals surface area contributed by atoms with Crippen LogP contribution in [0.3, 0.4) is 0 Å². The fourth-order valence-electron chi connectivity index (χ4n) is 6.53. The highest BCUT2D eigenvalue weighted by molar-refractivity contribution is 6.78. The molecule has 1 aliphatic carbocycles. The Bertz CT molecular complexity index is 1130. The average Bonchev–Trinajstić information content (AvgIpc) is 3.58. The smallest absolute Gasteiger partial charge is 0.417 e. The zero-order valence-corrected chi connectivity index (χ0v) is 26.2. The summed E-state index contributed by atoms with van der Waals surface area (Å²) >= 11 is 0. The van der Waals surface area contributed by atoms with E-state index >= 15 is 0 Å². The first-order valence-corrected chi connectivity index (χ1v) is 16.4. The molecule has 0 bridgehead atoms.